The highest BCUT2D eigenvalue weighted by Crippen LogP contribution is 2.34. The summed E-state index contributed by atoms with van der Waals surface area (Å²) in [7, 11) is 4.21. The van der Waals surface area contributed by atoms with Crippen molar-refractivity contribution in [1.82, 2.24) is 10.2 Å². The van der Waals surface area contributed by atoms with Crippen LogP contribution in [-0.4, -0.2) is 47.2 Å². The summed E-state index contributed by atoms with van der Waals surface area (Å²) in [6.07, 6.45) is 6.98. The second-order valence-electron chi connectivity index (χ2n) is 6.39. The number of aromatic hydroxyl groups is 2. The van der Waals surface area contributed by atoms with E-state index in [1.54, 1.807) is 0 Å². The Morgan fingerprint density at radius 1 is 1.23 bits per heavy atom. The molecule has 0 radical (unpaired) electrons. The van der Waals surface area contributed by atoms with Crippen LogP contribution in [0.4, 0.5) is 0 Å². The van der Waals surface area contributed by atoms with Gasteiger partial charge in [0.05, 0.1) is 5.56 Å². The van der Waals surface area contributed by atoms with Crippen LogP contribution in [0.3, 0.4) is 0 Å². The Balaban J connectivity index is 1.94. The van der Waals surface area contributed by atoms with Crippen LogP contribution in [0.1, 0.15) is 48.9 Å². The Labute approximate surface area is 131 Å². The zero-order valence-electron chi connectivity index (χ0n) is 13.4. The van der Waals surface area contributed by atoms with Gasteiger partial charge in [-0.25, -0.2) is 0 Å². The molecule has 1 fully saturated rings. The zero-order valence-corrected chi connectivity index (χ0v) is 13.4. The van der Waals surface area contributed by atoms with Crippen molar-refractivity contribution in [2.75, 3.05) is 20.6 Å². The SMILES string of the molecule is CN(C)C1(CCNC(=O)c2cc(O)ccc2O)CCCCC1. The summed E-state index contributed by atoms with van der Waals surface area (Å²) in [6, 6.07) is 3.97. The number of benzene rings is 1. The monoisotopic (exact) mass is 306 g/mol. The molecule has 0 aliphatic heterocycles. The van der Waals surface area contributed by atoms with Crippen LogP contribution in [0.15, 0.2) is 18.2 Å². The highest BCUT2D eigenvalue weighted by atomic mass is 16.3. The molecule has 1 aromatic rings. The molecule has 3 N–H and O–H groups in total. The number of phenols is 2. The lowest BCUT2D eigenvalue weighted by Crippen LogP contribution is -2.48. The average Bonchev–Trinajstić information content (AvgIpc) is 2.50. The molecule has 122 valence electrons. The van der Waals surface area contributed by atoms with Crippen molar-refractivity contribution < 1.29 is 15.0 Å². The summed E-state index contributed by atoms with van der Waals surface area (Å²) in [6.45, 7) is 0.562. The number of nitrogens with one attached hydrogen (secondary N) is 1. The maximum Gasteiger partial charge on any atom is 0.255 e. The molecule has 0 atom stereocenters. The maximum absolute atomic E-state index is 12.1. The summed E-state index contributed by atoms with van der Waals surface area (Å²) in [4.78, 5) is 14.4. The molecular weight excluding hydrogens is 280 g/mol. The summed E-state index contributed by atoms with van der Waals surface area (Å²) in [5.41, 5.74) is 0.273. The molecule has 0 heterocycles. The lowest BCUT2D eigenvalue weighted by molar-refractivity contribution is 0.0834. The van der Waals surface area contributed by atoms with Crippen LogP contribution >= 0.6 is 0 Å². The zero-order chi connectivity index (χ0) is 16.2. The largest absolute Gasteiger partial charge is 0.508 e. The van der Waals surface area contributed by atoms with Gasteiger partial charge in [0.15, 0.2) is 0 Å². The van der Waals surface area contributed by atoms with Gasteiger partial charge < -0.3 is 20.4 Å². The standard InChI is InChI=1S/C17H26N2O3/c1-19(2)17(8-4-3-5-9-17)10-11-18-16(22)14-12-13(20)6-7-15(14)21/h6-7,12,20-21H,3-5,8-11H2,1-2H3,(H,18,22). The molecule has 1 aromatic carbocycles. The number of amides is 1. The number of nitrogens with zero attached hydrogens (tertiary/aromatic N) is 1. The van der Waals surface area contributed by atoms with Gasteiger partial charge >= 0.3 is 0 Å². The molecule has 22 heavy (non-hydrogen) atoms. The van der Waals surface area contributed by atoms with E-state index < -0.39 is 0 Å². The molecule has 1 amide bonds. The van der Waals surface area contributed by atoms with Crippen molar-refractivity contribution in [2.45, 2.75) is 44.1 Å². The van der Waals surface area contributed by atoms with Crippen molar-refractivity contribution in [1.29, 1.82) is 0 Å². The fraction of sp³-hybridized carbons (Fsp3) is 0.588. The molecule has 1 saturated carbocycles. The summed E-state index contributed by atoms with van der Waals surface area (Å²) in [5, 5.41) is 22.0. The first-order valence-corrected chi connectivity index (χ1v) is 7.92. The Kier molecular flexibility index (Phi) is 5.29. The first-order chi connectivity index (χ1) is 10.4. The van der Waals surface area contributed by atoms with Crippen LogP contribution in [-0.2, 0) is 0 Å². The summed E-state index contributed by atoms with van der Waals surface area (Å²) in [5.74, 6) is -0.492. The lowest BCUT2D eigenvalue weighted by atomic mass is 9.78. The molecule has 0 saturated heterocycles. The number of phenolic OH excluding ortho intramolecular Hbond substituents is 2. The highest BCUT2D eigenvalue weighted by molar-refractivity contribution is 5.97. The minimum absolute atomic E-state index is 0.0278. The van der Waals surface area contributed by atoms with E-state index >= 15 is 0 Å². The van der Waals surface area contributed by atoms with Crippen LogP contribution in [0.25, 0.3) is 0 Å². The van der Waals surface area contributed by atoms with Crippen molar-refractivity contribution in [3.63, 3.8) is 0 Å². The van der Waals surface area contributed by atoms with E-state index in [1.165, 1.54) is 37.5 Å². The number of rotatable bonds is 5. The van der Waals surface area contributed by atoms with E-state index in [4.69, 9.17) is 0 Å². The van der Waals surface area contributed by atoms with Gasteiger partial charge in [0.25, 0.3) is 5.91 Å². The van der Waals surface area contributed by atoms with Gasteiger partial charge in [-0.2, -0.15) is 0 Å². The minimum atomic E-state index is -0.349. The average molecular weight is 306 g/mol. The molecule has 0 aromatic heterocycles. The van der Waals surface area contributed by atoms with E-state index in [1.807, 2.05) is 0 Å². The molecule has 1 aliphatic rings. The first-order valence-electron chi connectivity index (χ1n) is 7.92. The van der Waals surface area contributed by atoms with Crippen molar-refractivity contribution in [2.24, 2.45) is 0 Å². The smallest absolute Gasteiger partial charge is 0.255 e. The molecule has 5 heteroatoms. The topological polar surface area (TPSA) is 72.8 Å². The third kappa shape index (κ3) is 3.71. The predicted octanol–water partition coefficient (Wildman–Crippen LogP) is 2.48. The normalized spacial score (nSPS) is 17.4. The molecule has 0 spiro atoms. The van der Waals surface area contributed by atoms with Gasteiger partial charge in [0, 0.05) is 12.1 Å². The van der Waals surface area contributed by atoms with E-state index in [9.17, 15) is 15.0 Å². The van der Waals surface area contributed by atoms with E-state index in [0.29, 0.717) is 6.54 Å². The third-order valence-electron chi connectivity index (χ3n) is 4.83. The fourth-order valence-corrected chi connectivity index (χ4v) is 3.34. The maximum atomic E-state index is 12.1. The van der Waals surface area contributed by atoms with Crippen molar-refractivity contribution >= 4 is 5.91 Å². The van der Waals surface area contributed by atoms with Crippen molar-refractivity contribution in [3.05, 3.63) is 23.8 Å². The lowest BCUT2D eigenvalue weighted by Gasteiger charge is -2.43. The van der Waals surface area contributed by atoms with E-state index in [2.05, 4.69) is 24.3 Å². The second kappa shape index (κ2) is 7.01. The molecule has 5 nitrogen and oxygen atoms in total. The Morgan fingerprint density at radius 3 is 2.55 bits per heavy atom. The first kappa shape index (κ1) is 16.6. The number of hydrogen-bond acceptors (Lipinski definition) is 4. The Bertz CT molecular complexity index is 523. The molecule has 0 bridgehead atoms. The van der Waals surface area contributed by atoms with Crippen LogP contribution in [0.5, 0.6) is 11.5 Å². The number of carbonyl (C=O) groups excluding carboxylic acids is 1. The molecule has 0 unspecified atom stereocenters. The van der Waals surface area contributed by atoms with Gasteiger partial charge in [-0.15, -0.1) is 0 Å². The minimum Gasteiger partial charge on any atom is -0.508 e. The number of carbonyl (C=O) groups is 1. The van der Waals surface area contributed by atoms with Crippen LogP contribution in [0, 0.1) is 0 Å². The molecule has 2 rings (SSSR count). The van der Waals surface area contributed by atoms with Crippen molar-refractivity contribution in [3.8, 4) is 11.5 Å². The number of hydrogen-bond donors (Lipinski definition) is 3. The van der Waals surface area contributed by atoms with Gasteiger partial charge in [0.2, 0.25) is 0 Å². The summed E-state index contributed by atoms with van der Waals surface area (Å²) < 4.78 is 0. The van der Waals surface area contributed by atoms with Crippen LogP contribution < -0.4 is 5.32 Å². The fourth-order valence-electron chi connectivity index (χ4n) is 3.34. The van der Waals surface area contributed by atoms with E-state index in [-0.39, 0.29) is 28.5 Å². The van der Waals surface area contributed by atoms with Crippen LogP contribution in [0.2, 0.25) is 0 Å². The second-order valence-corrected chi connectivity index (χ2v) is 6.39. The quantitative estimate of drug-likeness (QED) is 0.731. The predicted molar refractivity (Wildman–Crippen MR) is 86.2 cm³/mol. The third-order valence-corrected chi connectivity index (χ3v) is 4.83. The molecular formula is C17H26N2O3. The van der Waals surface area contributed by atoms with E-state index in [0.717, 1.165) is 19.3 Å². The van der Waals surface area contributed by atoms with Gasteiger partial charge in [-0.3, -0.25) is 4.79 Å². The summed E-state index contributed by atoms with van der Waals surface area (Å²) >= 11 is 0. The Morgan fingerprint density at radius 2 is 1.91 bits per heavy atom. The van der Waals surface area contributed by atoms with Gasteiger partial charge in [0.1, 0.15) is 11.5 Å². The Hall–Kier alpha value is -1.75. The van der Waals surface area contributed by atoms with Gasteiger partial charge in [-0.1, -0.05) is 19.3 Å². The molecule has 1 aliphatic carbocycles. The van der Waals surface area contributed by atoms with Gasteiger partial charge in [-0.05, 0) is 51.6 Å². The highest BCUT2D eigenvalue weighted by Gasteiger charge is 2.33.